The largest absolute Gasteiger partial charge is 0.392 e. The third-order valence-corrected chi connectivity index (χ3v) is 4.01. The molecule has 1 aliphatic rings. The van der Waals surface area contributed by atoms with Crippen molar-refractivity contribution in [3.63, 3.8) is 0 Å². The third-order valence-electron chi connectivity index (χ3n) is 3.50. The average molecular weight is 330 g/mol. The second kappa shape index (κ2) is 7.15. The third kappa shape index (κ3) is 4.36. The lowest BCUT2D eigenvalue weighted by atomic mass is 10.0. The van der Waals surface area contributed by atoms with Crippen LogP contribution in [0.1, 0.15) is 23.2 Å². The fourth-order valence-electron chi connectivity index (χ4n) is 2.40. The van der Waals surface area contributed by atoms with Crippen LogP contribution in [0.2, 0.25) is 5.02 Å². The highest BCUT2D eigenvalue weighted by Crippen LogP contribution is 2.20. The highest BCUT2D eigenvalue weighted by molar-refractivity contribution is 7.80. The molecule has 1 amide bonds. The molecule has 1 saturated heterocycles. The van der Waals surface area contributed by atoms with Crippen LogP contribution in [0, 0.1) is 5.82 Å². The van der Waals surface area contributed by atoms with E-state index >= 15 is 0 Å². The summed E-state index contributed by atoms with van der Waals surface area (Å²) in [7, 11) is 0. The summed E-state index contributed by atoms with van der Waals surface area (Å²) < 4.78 is 13.3. The number of rotatable bonds is 4. The molecule has 1 fully saturated rings. The van der Waals surface area contributed by atoms with Gasteiger partial charge >= 0.3 is 0 Å². The van der Waals surface area contributed by atoms with Crippen LogP contribution >= 0.6 is 23.8 Å². The summed E-state index contributed by atoms with van der Waals surface area (Å²) in [5.74, 6) is -0.928. The number of hydrogen-bond donors (Lipinski definition) is 2. The summed E-state index contributed by atoms with van der Waals surface area (Å²) >= 11 is 10.7. The molecule has 4 nitrogen and oxygen atoms in total. The van der Waals surface area contributed by atoms with Crippen molar-refractivity contribution in [2.75, 3.05) is 19.6 Å². The first kappa shape index (κ1) is 16.1. The fourth-order valence-corrected chi connectivity index (χ4v) is 2.79. The van der Waals surface area contributed by atoms with Crippen molar-refractivity contribution in [1.82, 2.24) is 10.2 Å². The van der Waals surface area contributed by atoms with E-state index in [-0.39, 0.29) is 22.5 Å². The summed E-state index contributed by atoms with van der Waals surface area (Å²) in [6, 6.07) is 4.27. The molecule has 1 aromatic carbocycles. The van der Waals surface area contributed by atoms with Crippen molar-refractivity contribution >= 4 is 34.7 Å². The lowest BCUT2D eigenvalue weighted by Crippen LogP contribution is -2.46. The maximum absolute atomic E-state index is 13.3. The van der Waals surface area contributed by atoms with Gasteiger partial charge in [-0.1, -0.05) is 29.9 Å². The van der Waals surface area contributed by atoms with E-state index in [4.69, 9.17) is 29.6 Å². The number of hydrogen-bond acceptors (Lipinski definition) is 3. The van der Waals surface area contributed by atoms with E-state index in [0.717, 1.165) is 25.9 Å². The van der Waals surface area contributed by atoms with Crippen LogP contribution in [-0.2, 0) is 0 Å². The SMILES string of the molecule is NC(=S)CN1CCC(NC(=O)c2cccc(F)c2Cl)CC1. The minimum Gasteiger partial charge on any atom is -0.392 e. The van der Waals surface area contributed by atoms with E-state index in [1.807, 2.05) is 0 Å². The molecule has 0 atom stereocenters. The Labute approximate surface area is 133 Å². The van der Waals surface area contributed by atoms with Gasteiger partial charge in [-0.3, -0.25) is 9.69 Å². The molecule has 3 N–H and O–H groups in total. The number of amides is 1. The molecule has 0 bridgehead atoms. The Balaban J connectivity index is 1.90. The number of halogens is 2. The van der Waals surface area contributed by atoms with E-state index in [9.17, 15) is 9.18 Å². The van der Waals surface area contributed by atoms with E-state index in [0.29, 0.717) is 11.5 Å². The summed E-state index contributed by atoms with van der Waals surface area (Å²) in [6.07, 6.45) is 1.61. The van der Waals surface area contributed by atoms with Gasteiger partial charge in [0.25, 0.3) is 5.91 Å². The number of nitrogens with one attached hydrogen (secondary N) is 1. The molecular weight excluding hydrogens is 313 g/mol. The maximum Gasteiger partial charge on any atom is 0.253 e. The Kier molecular flexibility index (Phi) is 5.50. The molecule has 0 aromatic heterocycles. The molecule has 1 heterocycles. The van der Waals surface area contributed by atoms with E-state index in [2.05, 4.69) is 10.2 Å². The van der Waals surface area contributed by atoms with Gasteiger partial charge in [0.15, 0.2) is 0 Å². The predicted octanol–water partition coefficient (Wildman–Crippen LogP) is 1.96. The molecule has 114 valence electrons. The minimum atomic E-state index is -0.587. The number of nitrogens with zero attached hydrogens (tertiary/aromatic N) is 1. The van der Waals surface area contributed by atoms with Crippen molar-refractivity contribution in [3.8, 4) is 0 Å². The first-order valence-electron chi connectivity index (χ1n) is 6.73. The second-order valence-electron chi connectivity index (χ2n) is 5.09. The zero-order valence-electron chi connectivity index (χ0n) is 11.4. The highest BCUT2D eigenvalue weighted by Gasteiger charge is 2.22. The van der Waals surface area contributed by atoms with Crippen LogP contribution in [0.5, 0.6) is 0 Å². The lowest BCUT2D eigenvalue weighted by molar-refractivity contribution is 0.0914. The Morgan fingerprint density at radius 2 is 2.14 bits per heavy atom. The Bertz CT molecular complexity index is 547. The van der Waals surface area contributed by atoms with Crippen molar-refractivity contribution in [2.45, 2.75) is 18.9 Å². The van der Waals surface area contributed by atoms with Crippen LogP contribution in [0.25, 0.3) is 0 Å². The van der Waals surface area contributed by atoms with Gasteiger partial charge in [0, 0.05) is 25.7 Å². The lowest BCUT2D eigenvalue weighted by Gasteiger charge is -2.32. The second-order valence-corrected chi connectivity index (χ2v) is 5.99. The topological polar surface area (TPSA) is 58.4 Å². The average Bonchev–Trinajstić information content (AvgIpc) is 2.43. The summed E-state index contributed by atoms with van der Waals surface area (Å²) in [5.41, 5.74) is 5.68. The number of nitrogens with two attached hydrogens (primary N) is 1. The molecule has 0 aliphatic carbocycles. The Morgan fingerprint density at radius 1 is 1.48 bits per heavy atom. The number of likely N-dealkylation sites (tertiary alicyclic amines) is 1. The maximum atomic E-state index is 13.3. The van der Waals surface area contributed by atoms with Gasteiger partial charge in [0.05, 0.1) is 15.6 Å². The van der Waals surface area contributed by atoms with Gasteiger partial charge in [-0.2, -0.15) is 0 Å². The minimum absolute atomic E-state index is 0.0550. The molecule has 21 heavy (non-hydrogen) atoms. The van der Waals surface area contributed by atoms with Crippen LogP contribution in [-0.4, -0.2) is 41.5 Å². The normalized spacial score (nSPS) is 16.7. The molecule has 1 aromatic rings. The van der Waals surface area contributed by atoms with E-state index < -0.39 is 5.82 Å². The zero-order chi connectivity index (χ0) is 15.4. The molecule has 0 radical (unpaired) electrons. The highest BCUT2D eigenvalue weighted by atomic mass is 35.5. The monoisotopic (exact) mass is 329 g/mol. The molecule has 7 heteroatoms. The van der Waals surface area contributed by atoms with Gasteiger partial charge in [-0.25, -0.2) is 4.39 Å². The van der Waals surface area contributed by atoms with Crippen molar-refractivity contribution < 1.29 is 9.18 Å². The van der Waals surface area contributed by atoms with Crippen LogP contribution in [0.3, 0.4) is 0 Å². The zero-order valence-corrected chi connectivity index (χ0v) is 13.0. The number of benzene rings is 1. The standard InChI is InChI=1S/C14H17ClFN3OS/c15-13-10(2-1-3-11(13)16)14(20)18-9-4-6-19(7-5-9)8-12(17)21/h1-3,9H,4-8H2,(H2,17,21)(H,18,20). The molecule has 2 rings (SSSR count). The molecule has 1 aliphatic heterocycles. The first-order valence-corrected chi connectivity index (χ1v) is 7.51. The number of carbonyl (C=O) groups is 1. The first-order chi connectivity index (χ1) is 9.97. The predicted molar refractivity (Wildman–Crippen MR) is 85.1 cm³/mol. The summed E-state index contributed by atoms with van der Waals surface area (Å²) in [6.45, 7) is 2.24. The van der Waals surface area contributed by atoms with Gasteiger partial charge in [0.1, 0.15) is 5.82 Å². The summed E-state index contributed by atoms with van der Waals surface area (Å²) in [5, 5.41) is 2.76. The molecular formula is C14H17ClFN3OS. The van der Waals surface area contributed by atoms with Gasteiger partial charge in [0.2, 0.25) is 0 Å². The molecule has 0 unspecified atom stereocenters. The Hall–Kier alpha value is -1.24. The smallest absolute Gasteiger partial charge is 0.253 e. The van der Waals surface area contributed by atoms with Crippen LogP contribution in [0.15, 0.2) is 18.2 Å². The van der Waals surface area contributed by atoms with Crippen LogP contribution in [0.4, 0.5) is 4.39 Å². The number of thiocarbonyl (C=S) groups is 1. The van der Waals surface area contributed by atoms with Crippen molar-refractivity contribution in [3.05, 3.63) is 34.6 Å². The van der Waals surface area contributed by atoms with Gasteiger partial charge in [-0.05, 0) is 25.0 Å². The van der Waals surface area contributed by atoms with Gasteiger partial charge in [-0.15, -0.1) is 0 Å². The Morgan fingerprint density at radius 3 is 2.76 bits per heavy atom. The molecule has 0 spiro atoms. The quantitative estimate of drug-likeness (QED) is 0.829. The van der Waals surface area contributed by atoms with Crippen molar-refractivity contribution in [2.24, 2.45) is 5.73 Å². The number of carbonyl (C=O) groups excluding carboxylic acids is 1. The number of piperidine rings is 1. The summed E-state index contributed by atoms with van der Waals surface area (Å²) in [4.78, 5) is 14.8. The van der Waals surface area contributed by atoms with E-state index in [1.54, 1.807) is 0 Å². The van der Waals surface area contributed by atoms with E-state index in [1.165, 1.54) is 18.2 Å². The van der Waals surface area contributed by atoms with Crippen LogP contribution < -0.4 is 11.1 Å². The van der Waals surface area contributed by atoms with Crippen molar-refractivity contribution in [1.29, 1.82) is 0 Å². The van der Waals surface area contributed by atoms with Gasteiger partial charge < -0.3 is 11.1 Å². The molecule has 0 saturated carbocycles. The fraction of sp³-hybridized carbons (Fsp3) is 0.429.